The topological polar surface area (TPSA) is 37.8 Å². The van der Waals surface area contributed by atoms with E-state index in [2.05, 4.69) is 41.8 Å². The van der Waals surface area contributed by atoms with E-state index in [-0.39, 0.29) is 0 Å². The van der Waals surface area contributed by atoms with Crippen LogP contribution in [0.5, 0.6) is 0 Å². The molecule has 0 bridgehead atoms. The van der Waals surface area contributed by atoms with Crippen LogP contribution in [0.4, 0.5) is 5.82 Å². The Kier molecular flexibility index (Phi) is 5.81. The van der Waals surface area contributed by atoms with Crippen LogP contribution in [-0.2, 0) is 6.42 Å². The molecule has 0 spiro atoms. The molecule has 0 aliphatic rings. The molecule has 0 radical (unpaired) electrons. The van der Waals surface area contributed by atoms with Crippen LogP contribution in [0.2, 0.25) is 5.02 Å². The number of hydrogen-bond acceptors (Lipinski definition) is 3. The number of halogens is 2. The van der Waals surface area contributed by atoms with Gasteiger partial charge in [0.05, 0.1) is 9.26 Å². The number of hydrogen-bond donors (Lipinski definition) is 1. The van der Waals surface area contributed by atoms with E-state index in [9.17, 15) is 0 Å². The fourth-order valence-electron chi connectivity index (χ4n) is 2.18. The van der Waals surface area contributed by atoms with Gasteiger partial charge in [-0.05, 0) is 66.6 Å². The highest BCUT2D eigenvalue weighted by Gasteiger charge is 2.14. The van der Waals surface area contributed by atoms with Gasteiger partial charge in [0, 0.05) is 17.1 Å². The molecule has 0 amide bonds. The first-order valence-electron chi connectivity index (χ1n) is 7.13. The number of rotatable bonds is 5. The molecule has 1 N–H and O–H groups in total. The Hall–Kier alpha value is -0.880. The Morgan fingerprint density at radius 1 is 1.24 bits per heavy atom. The first-order valence-corrected chi connectivity index (χ1v) is 8.59. The summed E-state index contributed by atoms with van der Waals surface area (Å²) in [7, 11) is 0. The van der Waals surface area contributed by atoms with Gasteiger partial charge in [-0.2, -0.15) is 0 Å². The number of nitrogens with one attached hydrogen (secondary N) is 1. The molecule has 0 saturated heterocycles. The van der Waals surface area contributed by atoms with E-state index in [4.69, 9.17) is 21.6 Å². The second kappa shape index (κ2) is 7.40. The van der Waals surface area contributed by atoms with Crippen molar-refractivity contribution in [3.8, 4) is 11.4 Å². The molecule has 0 atom stereocenters. The van der Waals surface area contributed by atoms with Gasteiger partial charge in [0.15, 0.2) is 5.82 Å². The van der Waals surface area contributed by atoms with E-state index >= 15 is 0 Å². The first kappa shape index (κ1) is 16.5. The summed E-state index contributed by atoms with van der Waals surface area (Å²) in [6.45, 7) is 7.12. The summed E-state index contributed by atoms with van der Waals surface area (Å²) in [4.78, 5) is 9.46. The number of anilines is 1. The van der Waals surface area contributed by atoms with Crippen molar-refractivity contribution < 1.29 is 0 Å². The van der Waals surface area contributed by atoms with E-state index in [0.29, 0.717) is 0 Å². The molecule has 21 heavy (non-hydrogen) atoms. The van der Waals surface area contributed by atoms with E-state index in [1.165, 1.54) is 0 Å². The lowest BCUT2D eigenvalue weighted by Gasteiger charge is -2.13. The van der Waals surface area contributed by atoms with Crippen LogP contribution < -0.4 is 5.32 Å². The lowest BCUT2D eigenvalue weighted by molar-refractivity contribution is 0.866. The molecule has 112 valence electrons. The van der Waals surface area contributed by atoms with E-state index in [1.807, 2.05) is 25.1 Å². The maximum absolute atomic E-state index is 6.04. The molecule has 0 aliphatic carbocycles. The Labute approximate surface area is 144 Å². The van der Waals surface area contributed by atoms with Gasteiger partial charge in [-0.15, -0.1) is 0 Å². The van der Waals surface area contributed by atoms with Crippen molar-refractivity contribution in [1.29, 1.82) is 0 Å². The SMILES string of the molecule is CCCc1nc(-c2ccc(Cl)cc2C)nc(NCC)c1I. The Balaban J connectivity index is 2.56. The van der Waals surface area contributed by atoms with Crippen molar-refractivity contribution in [2.75, 3.05) is 11.9 Å². The van der Waals surface area contributed by atoms with Gasteiger partial charge in [-0.3, -0.25) is 0 Å². The van der Waals surface area contributed by atoms with Gasteiger partial charge in [-0.1, -0.05) is 24.9 Å². The summed E-state index contributed by atoms with van der Waals surface area (Å²) in [6, 6.07) is 5.83. The number of aryl methyl sites for hydroxylation is 2. The molecular formula is C16H19ClIN3. The van der Waals surface area contributed by atoms with Crippen molar-refractivity contribution in [3.05, 3.63) is 38.0 Å². The van der Waals surface area contributed by atoms with Crippen LogP contribution in [-0.4, -0.2) is 16.5 Å². The van der Waals surface area contributed by atoms with Crippen molar-refractivity contribution in [2.45, 2.75) is 33.6 Å². The van der Waals surface area contributed by atoms with Crippen molar-refractivity contribution in [3.63, 3.8) is 0 Å². The Morgan fingerprint density at radius 2 is 2.00 bits per heavy atom. The number of aromatic nitrogens is 2. The van der Waals surface area contributed by atoms with Crippen molar-refractivity contribution in [1.82, 2.24) is 9.97 Å². The third-order valence-corrected chi connectivity index (χ3v) is 4.55. The van der Waals surface area contributed by atoms with E-state index in [1.54, 1.807) is 0 Å². The molecule has 2 rings (SSSR count). The zero-order chi connectivity index (χ0) is 15.4. The maximum atomic E-state index is 6.04. The zero-order valence-electron chi connectivity index (χ0n) is 12.5. The summed E-state index contributed by atoms with van der Waals surface area (Å²) >= 11 is 8.37. The summed E-state index contributed by atoms with van der Waals surface area (Å²) in [5.74, 6) is 1.69. The van der Waals surface area contributed by atoms with E-state index < -0.39 is 0 Å². The third kappa shape index (κ3) is 3.86. The van der Waals surface area contributed by atoms with Crippen LogP contribution in [0.1, 0.15) is 31.5 Å². The van der Waals surface area contributed by atoms with Crippen LogP contribution in [0.15, 0.2) is 18.2 Å². The smallest absolute Gasteiger partial charge is 0.162 e. The minimum absolute atomic E-state index is 0.738. The van der Waals surface area contributed by atoms with Crippen LogP contribution in [0.3, 0.4) is 0 Å². The largest absolute Gasteiger partial charge is 0.369 e. The number of nitrogens with zero attached hydrogens (tertiary/aromatic N) is 2. The molecule has 0 unspecified atom stereocenters. The second-order valence-corrected chi connectivity index (χ2v) is 6.41. The van der Waals surface area contributed by atoms with Gasteiger partial charge < -0.3 is 5.32 Å². The standard InChI is InChI=1S/C16H19ClIN3/c1-4-6-13-14(18)16(19-5-2)21-15(20-13)12-8-7-11(17)9-10(12)3/h7-9H,4-6H2,1-3H3,(H,19,20,21). The molecule has 1 heterocycles. The van der Waals surface area contributed by atoms with E-state index in [0.717, 1.165) is 56.4 Å². The minimum Gasteiger partial charge on any atom is -0.369 e. The van der Waals surface area contributed by atoms with Crippen LogP contribution in [0.25, 0.3) is 11.4 Å². The highest BCUT2D eigenvalue weighted by atomic mass is 127. The van der Waals surface area contributed by atoms with Gasteiger partial charge in [0.1, 0.15) is 5.82 Å². The highest BCUT2D eigenvalue weighted by Crippen LogP contribution is 2.28. The van der Waals surface area contributed by atoms with Gasteiger partial charge in [0.2, 0.25) is 0 Å². The van der Waals surface area contributed by atoms with Crippen molar-refractivity contribution in [2.24, 2.45) is 0 Å². The fourth-order valence-corrected chi connectivity index (χ4v) is 3.11. The Morgan fingerprint density at radius 3 is 2.62 bits per heavy atom. The summed E-state index contributed by atoms with van der Waals surface area (Å²) in [6.07, 6.45) is 2.02. The van der Waals surface area contributed by atoms with Gasteiger partial charge >= 0.3 is 0 Å². The van der Waals surface area contributed by atoms with Crippen LogP contribution >= 0.6 is 34.2 Å². The van der Waals surface area contributed by atoms with Crippen molar-refractivity contribution >= 4 is 40.0 Å². The zero-order valence-corrected chi connectivity index (χ0v) is 15.4. The average molecular weight is 416 g/mol. The second-order valence-electron chi connectivity index (χ2n) is 4.90. The number of benzene rings is 1. The molecule has 2 aromatic rings. The van der Waals surface area contributed by atoms with Crippen LogP contribution in [0, 0.1) is 10.5 Å². The lowest BCUT2D eigenvalue weighted by atomic mass is 10.1. The molecule has 0 fully saturated rings. The quantitative estimate of drug-likeness (QED) is 0.691. The summed E-state index contributed by atoms with van der Waals surface area (Å²) in [5, 5.41) is 4.07. The molecule has 3 nitrogen and oxygen atoms in total. The normalized spacial score (nSPS) is 10.7. The summed E-state index contributed by atoms with van der Waals surface area (Å²) < 4.78 is 1.12. The predicted molar refractivity (Wildman–Crippen MR) is 98.1 cm³/mol. The molecular weight excluding hydrogens is 397 g/mol. The molecule has 0 aliphatic heterocycles. The highest BCUT2D eigenvalue weighted by molar-refractivity contribution is 14.1. The molecule has 0 saturated carbocycles. The monoisotopic (exact) mass is 415 g/mol. The molecule has 1 aromatic carbocycles. The maximum Gasteiger partial charge on any atom is 0.162 e. The lowest BCUT2D eigenvalue weighted by Crippen LogP contribution is -2.08. The fraction of sp³-hybridized carbons (Fsp3) is 0.375. The average Bonchev–Trinajstić information content (AvgIpc) is 2.43. The first-order chi connectivity index (χ1) is 10.1. The summed E-state index contributed by atoms with van der Waals surface area (Å²) in [5.41, 5.74) is 3.23. The third-order valence-electron chi connectivity index (χ3n) is 3.18. The Bertz CT molecular complexity index is 616. The molecule has 5 heteroatoms. The van der Waals surface area contributed by atoms with Gasteiger partial charge in [0.25, 0.3) is 0 Å². The van der Waals surface area contributed by atoms with Gasteiger partial charge in [-0.25, -0.2) is 9.97 Å². The predicted octanol–water partition coefficient (Wildman–Crippen LogP) is 5.09. The minimum atomic E-state index is 0.738. The molecule has 1 aromatic heterocycles.